The number of carboxylic acid groups (broad SMARTS) is 1. The number of alkyl carbamates (subject to hydrolysis) is 1. The average molecular weight is 325 g/mol. The number of benzene rings is 1. The van der Waals surface area contributed by atoms with Crippen LogP contribution in [0.5, 0.6) is 11.5 Å². The molecule has 0 fully saturated rings. The molecule has 0 saturated carbocycles. The summed E-state index contributed by atoms with van der Waals surface area (Å²) >= 11 is 0. The van der Waals surface area contributed by atoms with Crippen molar-refractivity contribution < 1.29 is 28.9 Å². The van der Waals surface area contributed by atoms with Gasteiger partial charge < -0.3 is 24.6 Å². The van der Waals surface area contributed by atoms with Crippen LogP contribution in [-0.2, 0) is 9.53 Å². The molecule has 0 heterocycles. The van der Waals surface area contributed by atoms with Gasteiger partial charge in [-0.15, -0.1) is 0 Å². The summed E-state index contributed by atoms with van der Waals surface area (Å²) in [5.74, 6) is -0.0453. The zero-order valence-electron chi connectivity index (χ0n) is 13.6. The fourth-order valence-corrected chi connectivity index (χ4v) is 1.99. The number of aliphatic carboxylic acids is 1. The number of carbonyl (C=O) groups excluding carboxylic acids is 1. The lowest BCUT2D eigenvalue weighted by Crippen LogP contribution is -2.31. The summed E-state index contributed by atoms with van der Waals surface area (Å²) in [4.78, 5) is 22.8. The minimum absolute atomic E-state index is 0.266. The van der Waals surface area contributed by atoms with E-state index in [1.165, 1.54) is 14.2 Å². The van der Waals surface area contributed by atoms with Gasteiger partial charge in [-0.3, -0.25) is 4.79 Å². The number of carboxylic acids is 1. The SMILES string of the molecule is CCCCOC(=O)NC(CC(=O)O)c1ccc(OC)c(OC)c1. The van der Waals surface area contributed by atoms with Gasteiger partial charge in [0, 0.05) is 0 Å². The lowest BCUT2D eigenvalue weighted by Gasteiger charge is -2.19. The second-order valence-electron chi connectivity index (χ2n) is 4.90. The maximum Gasteiger partial charge on any atom is 0.407 e. The first kappa shape index (κ1) is 18.6. The lowest BCUT2D eigenvalue weighted by molar-refractivity contribution is -0.137. The lowest BCUT2D eigenvalue weighted by atomic mass is 10.0. The fraction of sp³-hybridized carbons (Fsp3) is 0.500. The Kier molecular flexibility index (Phi) is 7.73. The zero-order valence-corrected chi connectivity index (χ0v) is 13.6. The maximum atomic E-state index is 11.8. The number of hydrogen-bond donors (Lipinski definition) is 2. The van der Waals surface area contributed by atoms with Crippen molar-refractivity contribution in [2.24, 2.45) is 0 Å². The number of unbranched alkanes of at least 4 members (excludes halogenated alkanes) is 1. The van der Waals surface area contributed by atoms with Crippen LogP contribution in [0.2, 0.25) is 0 Å². The van der Waals surface area contributed by atoms with E-state index in [9.17, 15) is 9.59 Å². The van der Waals surface area contributed by atoms with Crippen LogP contribution in [0.3, 0.4) is 0 Å². The van der Waals surface area contributed by atoms with Gasteiger partial charge in [-0.05, 0) is 24.1 Å². The highest BCUT2D eigenvalue weighted by molar-refractivity contribution is 5.72. The minimum atomic E-state index is -1.03. The highest BCUT2D eigenvalue weighted by atomic mass is 16.5. The van der Waals surface area contributed by atoms with Gasteiger partial charge in [-0.25, -0.2) is 4.79 Å². The Labute approximate surface area is 135 Å². The molecule has 0 aliphatic carbocycles. The van der Waals surface area contributed by atoms with E-state index in [-0.39, 0.29) is 6.42 Å². The molecule has 2 N–H and O–H groups in total. The van der Waals surface area contributed by atoms with Gasteiger partial charge in [0.2, 0.25) is 0 Å². The summed E-state index contributed by atoms with van der Waals surface area (Å²) in [6.45, 7) is 2.28. The first-order valence-electron chi connectivity index (χ1n) is 7.38. The van der Waals surface area contributed by atoms with Gasteiger partial charge in [0.15, 0.2) is 11.5 Å². The van der Waals surface area contributed by atoms with Gasteiger partial charge in [0.25, 0.3) is 0 Å². The standard InChI is InChI=1S/C16H23NO6/c1-4-5-8-23-16(20)17-12(10-15(18)19)11-6-7-13(21-2)14(9-11)22-3/h6-7,9,12H,4-5,8,10H2,1-3H3,(H,17,20)(H,18,19). The van der Waals surface area contributed by atoms with Crippen molar-refractivity contribution in [3.8, 4) is 11.5 Å². The molecule has 1 rings (SSSR count). The average Bonchev–Trinajstić information content (AvgIpc) is 2.53. The van der Waals surface area contributed by atoms with Crippen molar-refractivity contribution in [2.75, 3.05) is 20.8 Å². The van der Waals surface area contributed by atoms with Crippen molar-refractivity contribution in [2.45, 2.75) is 32.2 Å². The summed E-state index contributed by atoms with van der Waals surface area (Å²) in [6, 6.07) is 4.26. The highest BCUT2D eigenvalue weighted by Crippen LogP contribution is 2.31. The Bertz CT molecular complexity index is 531. The van der Waals surface area contributed by atoms with Gasteiger partial charge in [-0.1, -0.05) is 19.4 Å². The topological polar surface area (TPSA) is 94.1 Å². The van der Waals surface area contributed by atoms with Crippen LogP contribution in [0.4, 0.5) is 4.79 Å². The molecule has 128 valence electrons. The number of ether oxygens (including phenoxy) is 3. The van der Waals surface area contributed by atoms with Crippen LogP contribution < -0.4 is 14.8 Å². The van der Waals surface area contributed by atoms with Gasteiger partial charge in [0.1, 0.15) is 0 Å². The fourth-order valence-electron chi connectivity index (χ4n) is 1.99. The molecule has 1 atom stereocenters. The summed E-state index contributed by atoms with van der Waals surface area (Å²) < 4.78 is 15.4. The van der Waals surface area contributed by atoms with E-state index in [0.29, 0.717) is 23.7 Å². The minimum Gasteiger partial charge on any atom is -0.493 e. The number of carbonyl (C=O) groups is 2. The van der Waals surface area contributed by atoms with Crippen LogP contribution >= 0.6 is 0 Å². The summed E-state index contributed by atoms with van der Waals surface area (Å²) in [6.07, 6.45) is 0.757. The van der Waals surface area contributed by atoms with E-state index >= 15 is 0 Å². The molecule has 1 aromatic carbocycles. The van der Waals surface area contributed by atoms with Crippen LogP contribution in [0.15, 0.2) is 18.2 Å². The van der Waals surface area contributed by atoms with E-state index in [1.54, 1.807) is 18.2 Å². The quantitative estimate of drug-likeness (QED) is 0.678. The van der Waals surface area contributed by atoms with Crippen molar-refractivity contribution in [3.05, 3.63) is 23.8 Å². The van der Waals surface area contributed by atoms with Crippen LogP contribution in [0.25, 0.3) is 0 Å². The van der Waals surface area contributed by atoms with Crippen molar-refractivity contribution in [3.63, 3.8) is 0 Å². The number of nitrogens with one attached hydrogen (secondary N) is 1. The first-order chi connectivity index (χ1) is 11.0. The number of methoxy groups -OCH3 is 2. The third kappa shape index (κ3) is 6.06. The second kappa shape index (κ2) is 9.55. The molecule has 0 aromatic heterocycles. The van der Waals surface area contributed by atoms with E-state index in [2.05, 4.69) is 5.32 Å². The van der Waals surface area contributed by atoms with E-state index in [1.807, 2.05) is 6.92 Å². The van der Waals surface area contributed by atoms with E-state index < -0.39 is 18.1 Å². The third-order valence-electron chi connectivity index (χ3n) is 3.21. The number of amides is 1. The smallest absolute Gasteiger partial charge is 0.407 e. The first-order valence-corrected chi connectivity index (χ1v) is 7.38. The van der Waals surface area contributed by atoms with Crippen LogP contribution in [0, 0.1) is 0 Å². The van der Waals surface area contributed by atoms with Crippen molar-refractivity contribution in [1.82, 2.24) is 5.32 Å². The summed E-state index contributed by atoms with van der Waals surface area (Å²) in [5.41, 5.74) is 0.595. The monoisotopic (exact) mass is 325 g/mol. The predicted molar refractivity (Wildman–Crippen MR) is 83.9 cm³/mol. The Balaban J connectivity index is 2.88. The second-order valence-corrected chi connectivity index (χ2v) is 4.90. The molecular formula is C16H23NO6. The summed E-state index contributed by atoms with van der Waals surface area (Å²) in [7, 11) is 3.00. The maximum absolute atomic E-state index is 11.8. The third-order valence-corrected chi connectivity index (χ3v) is 3.21. The molecule has 7 heteroatoms. The molecule has 0 saturated heterocycles. The van der Waals surface area contributed by atoms with Crippen LogP contribution in [-0.4, -0.2) is 38.0 Å². The van der Waals surface area contributed by atoms with E-state index in [4.69, 9.17) is 19.3 Å². The van der Waals surface area contributed by atoms with Gasteiger partial charge in [-0.2, -0.15) is 0 Å². The molecule has 0 bridgehead atoms. The molecule has 1 aromatic rings. The molecule has 0 radical (unpaired) electrons. The zero-order chi connectivity index (χ0) is 17.2. The highest BCUT2D eigenvalue weighted by Gasteiger charge is 2.20. The van der Waals surface area contributed by atoms with Crippen molar-refractivity contribution in [1.29, 1.82) is 0 Å². The van der Waals surface area contributed by atoms with Crippen LogP contribution in [0.1, 0.15) is 37.8 Å². The normalized spacial score (nSPS) is 11.4. The molecule has 1 amide bonds. The predicted octanol–water partition coefficient (Wildman–Crippen LogP) is 2.75. The van der Waals surface area contributed by atoms with Crippen molar-refractivity contribution >= 4 is 12.1 Å². The van der Waals surface area contributed by atoms with E-state index in [0.717, 1.165) is 12.8 Å². The molecular weight excluding hydrogens is 302 g/mol. The molecule has 1 unspecified atom stereocenters. The largest absolute Gasteiger partial charge is 0.493 e. The number of hydrogen-bond acceptors (Lipinski definition) is 5. The molecule has 0 aliphatic rings. The Morgan fingerprint density at radius 1 is 1.22 bits per heavy atom. The number of rotatable bonds is 9. The molecule has 0 spiro atoms. The summed E-state index contributed by atoms with van der Waals surface area (Å²) in [5, 5.41) is 11.6. The van der Waals surface area contributed by atoms with Gasteiger partial charge >= 0.3 is 12.1 Å². The Hall–Kier alpha value is -2.44. The Morgan fingerprint density at radius 2 is 1.91 bits per heavy atom. The molecule has 0 aliphatic heterocycles. The molecule has 7 nitrogen and oxygen atoms in total. The van der Waals surface area contributed by atoms with Gasteiger partial charge in [0.05, 0.1) is 33.3 Å². The Morgan fingerprint density at radius 3 is 2.48 bits per heavy atom. The molecule has 23 heavy (non-hydrogen) atoms.